The van der Waals surface area contributed by atoms with E-state index in [1.165, 1.54) is 10.8 Å². The van der Waals surface area contributed by atoms with E-state index >= 15 is 0 Å². The topological polar surface area (TPSA) is 117 Å². The average molecular weight is 437 g/mol. The molecule has 1 aromatic rings. The number of carbonyl (C=O) groups excluding carboxylic acids is 1. The number of hydrogen-bond acceptors (Lipinski definition) is 7. The van der Waals surface area contributed by atoms with Crippen LogP contribution in [-0.4, -0.2) is 39.4 Å². The van der Waals surface area contributed by atoms with E-state index in [0.717, 1.165) is 0 Å². The number of nitrogens with two attached hydrogens (primary N) is 1. The zero-order valence-corrected chi connectivity index (χ0v) is 15.3. The highest BCUT2D eigenvalue weighted by Gasteiger charge is 2.40. The maximum atomic E-state index is 12.0. The summed E-state index contributed by atoms with van der Waals surface area (Å²) in [5, 5.41) is 9.44. The summed E-state index contributed by atoms with van der Waals surface area (Å²) in [5.74, 6) is -0.234. The summed E-state index contributed by atoms with van der Waals surface area (Å²) in [6, 6.07) is 0. The predicted octanol–water partition coefficient (Wildman–Crippen LogP) is 0.668. The molecule has 1 aromatic heterocycles. The largest absolute Gasteiger partial charge is 0.459 e. The molecule has 1 aliphatic heterocycles. The van der Waals surface area contributed by atoms with Crippen LogP contribution in [0.4, 0.5) is 5.82 Å². The van der Waals surface area contributed by atoms with E-state index < -0.39 is 29.5 Å². The van der Waals surface area contributed by atoms with Crippen molar-refractivity contribution in [3.05, 3.63) is 20.3 Å². The van der Waals surface area contributed by atoms with Crippen LogP contribution in [-0.2, 0) is 14.3 Å². The second-order valence-electron chi connectivity index (χ2n) is 6.41. The molecule has 3 atom stereocenters. The van der Waals surface area contributed by atoms with Crippen molar-refractivity contribution in [1.82, 2.24) is 9.55 Å². The minimum Gasteiger partial charge on any atom is -0.459 e. The summed E-state index contributed by atoms with van der Waals surface area (Å²) in [7, 11) is 0. The predicted molar refractivity (Wildman–Crippen MR) is 90.6 cm³/mol. The van der Waals surface area contributed by atoms with E-state index in [0.29, 0.717) is 3.57 Å². The third-order valence-corrected chi connectivity index (χ3v) is 4.31. The van der Waals surface area contributed by atoms with E-state index in [-0.39, 0.29) is 24.8 Å². The number of aliphatic hydroxyl groups is 1. The van der Waals surface area contributed by atoms with Crippen molar-refractivity contribution >= 4 is 34.4 Å². The quantitative estimate of drug-likeness (QED) is 0.528. The third-order valence-electron chi connectivity index (χ3n) is 3.48. The zero-order valence-electron chi connectivity index (χ0n) is 13.2. The lowest BCUT2D eigenvalue weighted by Gasteiger charge is -2.22. The molecule has 0 saturated carbocycles. The SMILES string of the molecule is CC(C)(C)C(=O)O[C@H]1C[C@H](n2cc(I)c(N)nc2=O)O[C@@H]1CO. The number of nitrogen functional groups attached to an aromatic ring is 1. The lowest BCUT2D eigenvalue weighted by atomic mass is 9.97. The van der Waals surface area contributed by atoms with Gasteiger partial charge in [0.2, 0.25) is 0 Å². The summed E-state index contributed by atoms with van der Waals surface area (Å²) in [4.78, 5) is 27.7. The van der Waals surface area contributed by atoms with Crippen LogP contribution in [0.2, 0.25) is 0 Å². The molecule has 2 heterocycles. The molecule has 0 spiro atoms. The van der Waals surface area contributed by atoms with Crippen molar-refractivity contribution in [2.24, 2.45) is 5.41 Å². The lowest BCUT2D eigenvalue weighted by molar-refractivity contribution is -0.162. The van der Waals surface area contributed by atoms with E-state index in [1.807, 2.05) is 22.6 Å². The Hall–Kier alpha value is -1.20. The standard InChI is InChI=1S/C14H20IN3O5/c1-14(2,3)12(20)23-8-4-10(22-9(8)6-19)18-5-7(15)11(16)17-13(18)21/h5,8-10,19H,4,6H2,1-3H3,(H2,16,17,21)/t8-,9+,10+/m0/s1. The van der Waals surface area contributed by atoms with Gasteiger partial charge >= 0.3 is 11.7 Å². The summed E-state index contributed by atoms with van der Waals surface area (Å²) in [5.41, 5.74) is 4.39. The highest BCUT2D eigenvalue weighted by atomic mass is 127. The molecule has 0 aliphatic carbocycles. The summed E-state index contributed by atoms with van der Waals surface area (Å²) in [6.07, 6.45) is -0.182. The Bertz CT molecular complexity index is 655. The molecule has 2 rings (SSSR count). The smallest absolute Gasteiger partial charge is 0.351 e. The minimum atomic E-state index is -0.687. The maximum Gasteiger partial charge on any atom is 0.351 e. The maximum absolute atomic E-state index is 12.0. The number of rotatable bonds is 3. The first-order chi connectivity index (χ1) is 10.6. The van der Waals surface area contributed by atoms with Crippen molar-refractivity contribution < 1.29 is 19.4 Å². The van der Waals surface area contributed by atoms with Crippen LogP contribution in [0, 0.1) is 8.99 Å². The van der Waals surface area contributed by atoms with Crippen molar-refractivity contribution in [3.63, 3.8) is 0 Å². The Labute approximate surface area is 147 Å². The van der Waals surface area contributed by atoms with Gasteiger partial charge in [-0.05, 0) is 43.4 Å². The van der Waals surface area contributed by atoms with Crippen LogP contribution in [0.3, 0.4) is 0 Å². The molecule has 1 aliphatic rings. The van der Waals surface area contributed by atoms with Crippen LogP contribution in [0.5, 0.6) is 0 Å². The first-order valence-corrected chi connectivity index (χ1v) is 8.23. The molecule has 0 unspecified atom stereocenters. The normalized spacial score (nSPS) is 24.7. The van der Waals surface area contributed by atoms with Crippen LogP contribution in [0.25, 0.3) is 0 Å². The van der Waals surface area contributed by atoms with Crippen molar-refractivity contribution in [2.75, 3.05) is 12.3 Å². The number of anilines is 1. The molecule has 9 heteroatoms. The molecule has 8 nitrogen and oxygen atoms in total. The highest BCUT2D eigenvalue weighted by Crippen LogP contribution is 2.31. The van der Waals surface area contributed by atoms with Gasteiger partial charge in [0.1, 0.15) is 24.3 Å². The molecular formula is C14H20IN3O5. The van der Waals surface area contributed by atoms with E-state index in [2.05, 4.69) is 4.98 Å². The van der Waals surface area contributed by atoms with Crippen LogP contribution < -0.4 is 11.4 Å². The molecule has 0 aromatic carbocycles. The Morgan fingerprint density at radius 2 is 2.26 bits per heavy atom. The van der Waals surface area contributed by atoms with Gasteiger partial charge < -0.3 is 20.3 Å². The number of hydrogen-bond donors (Lipinski definition) is 2. The van der Waals surface area contributed by atoms with E-state index in [1.54, 1.807) is 20.8 Å². The number of esters is 1. The second kappa shape index (κ2) is 6.73. The van der Waals surface area contributed by atoms with E-state index in [9.17, 15) is 14.7 Å². The van der Waals surface area contributed by atoms with Gasteiger partial charge in [-0.25, -0.2) is 4.79 Å². The number of nitrogens with zero attached hydrogens (tertiary/aromatic N) is 2. The molecule has 128 valence electrons. The molecule has 1 saturated heterocycles. The molecule has 3 N–H and O–H groups in total. The summed E-state index contributed by atoms with van der Waals surface area (Å²) >= 11 is 1.97. The van der Waals surface area contributed by atoms with Crippen molar-refractivity contribution in [3.8, 4) is 0 Å². The molecule has 0 radical (unpaired) electrons. The molecule has 0 bridgehead atoms. The second-order valence-corrected chi connectivity index (χ2v) is 7.57. The minimum absolute atomic E-state index is 0.152. The lowest BCUT2D eigenvalue weighted by Crippen LogP contribution is -2.34. The Morgan fingerprint density at radius 3 is 2.83 bits per heavy atom. The number of aromatic nitrogens is 2. The third kappa shape index (κ3) is 4.01. The summed E-state index contributed by atoms with van der Waals surface area (Å²) in [6.45, 7) is 4.92. The van der Waals surface area contributed by atoms with Gasteiger partial charge in [-0.15, -0.1) is 0 Å². The molecule has 23 heavy (non-hydrogen) atoms. The van der Waals surface area contributed by atoms with E-state index in [4.69, 9.17) is 15.2 Å². The Balaban J connectivity index is 2.20. The van der Waals surface area contributed by atoms with Crippen LogP contribution >= 0.6 is 22.6 Å². The average Bonchev–Trinajstić information content (AvgIpc) is 2.84. The van der Waals surface area contributed by atoms with Gasteiger partial charge in [0, 0.05) is 12.6 Å². The van der Waals surface area contributed by atoms with Crippen LogP contribution in [0.1, 0.15) is 33.4 Å². The van der Waals surface area contributed by atoms with Crippen molar-refractivity contribution in [1.29, 1.82) is 0 Å². The van der Waals surface area contributed by atoms with Gasteiger partial charge in [0.15, 0.2) is 0 Å². The van der Waals surface area contributed by atoms with Gasteiger partial charge in [0.25, 0.3) is 0 Å². The Kier molecular flexibility index (Phi) is 5.31. The monoisotopic (exact) mass is 437 g/mol. The summed E-state index contributed by atoms with van der Waals surface area (Å²) < 4.78 is 13.0. The fourth-order valence-electron chi connectivity index (χ4n) is 2.14. The number of carbonyl (C=O) groups is 1. The first kappa shape index (κ1) is 18.1. The fraction of sp³-hybridized carbons (Fsp3) is 0.643. The Morgan fingerprint density at radius 1 is 1.61 bits per heavy atom. The van der Waals surface area contributed by atoms with Gasteiger partial charge in [-0.3, -0.25) is 9.36 Å². The van der Waals surface area contributed by atoms with Gasteiger partial charge in [-0.1, -0.05) is 0 Å². The zero-order chi connectivity index (χ0) is 17.4. The molecule has 0 amide bonds. The highest BCUT2D eigenvalue weighted by molar-refractivity contribution is 14.1. The molecular weight excluding hydrogens is 417 g/mol. The van der Waals surface area contributed by atoms with Gasteiger partial charge in [-0.2, -0.15) is 4.98 Å². The van der Waals surface area contributed by atoms with Crippen molar-refractivity contribution in [2.45, 2.75) is 45.6 Å². The first-order valence-electron chi connectivity index (χ1n) is 7.15. The number of aliphatic hydroxyl groups excluding tert-OH is 1. The number of ether oxygens (including phenoxy) is 2. The molecule has 1 fully saturated rings. The van der Waals surface area contributed by atoms with Gasteiger partial charge in [0.05, 0.1) is 15.6 Å². The fourth-order valence-corrected chi connectivity index (χ4v) is 2.56. The number of halogens is 1. The van der Waals surface area contributed by atoms with Crippen LogP contribution in [0.15, 0.2) is 11.0 Å².